The first kappa shape index (κ1) is 33.2. The summed E-state index contributed by atoms with van der Waals surface area (Å²) in [6, 6.07) is 11.2. The molecule has 11 heteroatoms. The van der Waals surface area contributed by atoms with Gasteiger partial charge in [0.05, 0.1) is 24.5 Å². The maximum atomic E-state index is 12.7. The zero-order valence-electron chi connectivity index (χ0n) is 28.1. The summed E-state index contributed by atoms with van der Waals surface area (Å²) >= 11 is 0. The third kappa shape index (κ3) is 7.68. The highest BCUT2D eigenvalue weighted by Gasteiger charge is 2.26. The molecule has 3 aromatic heterocycles. The fourth-order valence-corrected chi connectivity index (χ4v) is 5.73. The first-order valence-corrected chi connectivity index (χ1v) is 18.9. The van der Waals surface area contributed by atoms with Crippen LogP contribution in [0.2, 0.25) is 25.7 Å². The molecule has 44 heavy (non-hydrogen) atoms. The summed E-state index contributed by atoms with van der Waals surface area (Å²) in [6.45, 7) is 20.0. The van der Waals surface area contributed by atoms with Crippen LogP contribution in [0, 0.1) is 0 Å². The number of hydrogen-bond acceptors (Lipinski definition) is 7. The largest absolute Gasteiger partial charge is 0.493 e. The lowest BCUT2D eigenvalue weighted by atomic mass is 9.93. The Balaban J connectivity index is 1.75. The Labute approximate surface area is 262 Å². The number of pyridine rings is 1. The Morgan fingerprint density at radius 2 is 1.75 bits per heavy atom. The normalized spacial score (nSPS) is 13.0. The Morgan fingerprint density at radius 3 is 2.34 bits per heavy atom. The van der Waals surface area contributed by atoms with Crippen molar-refractivity contribution in [1.82, 2.24) is 29.3 Å². The third-order valence-corrected chi connectivity index (χ3v) is 9.24. The van der Waals surface area contributed by atoms with E-state index in [1.165, 1.54) is 6.33 Å². The smallest absolute Gasteiger partial charge is 0.410 e. The van der Waals surface area contributed by atoms with Gasteiger partial charge in [-0.1, -0.05) is 57.8 Å². The molecule has 0 N–H and O–H groups in total. The van der Waals surface area contributed by atoms with Crippen molar-refractivity contribution in [3.8, 4) is 28.3 Å². The van der Waals surface area contributed by atoms with Gasteiger partial charge in [0.15, 0.2) is 11.4 Å². The SMILES string of the molecule is COc1cc(-c2c(C(C)C)c(-c3ccc([C@H](C)N(C)C(=O)OC(C)(C)C)cc3)nn2COCC[Si](C)(C)C)cn2ncnc12. The molecular weight excluding hydrogens is 572 g/mol. The molecule has 0 aliphatic rings. The maximum Gasteiger partial charge on any atom is 0.410 e. The van der Waals surface area contributed by atoms with Gasteiger partial charge in [0.1, 0.15) is 18.7 Å². The van der Waals surface area contributed by atoms with E-state index in [4.69, 9.17) is 19.3 Å². The molecular formula is C33H48N6O4Si. The van der Waals surface area contributed by atoms with Crippen LogP contribution >= 0.6 is 0 Å². The van der Waals surface area contributed by atoms with E-state index in [1.807, 2.05) is 44.6 Å². The van der Waals surface area contributed by atoms with E-state index < -0.39 is 13.7 Å². The van der Waals surface area contributed by atoms with Crippen molar-refractivity contribution < 1.29 is 19.0 Å². The lowest BCUT2D eigenvalue weighted by Crippen LogP contribution is -2.35. The van der Waals surface area contributed by atoms with Crippen LogP contribution < -0.4 is 4.74 Å². The Bertz CT molecular complexity index is 1580. The summed E-state index contributed by atoms with van der Waals surface area (Å²) in [7, 11) is 2.16. The average molecular weight is 621 g/mol. The first-order chi connectivity index (χ1) is 20.6. The Hall–Kier alpha value is -3.70. The highest BCUT2D eigenvalue weighted by molar-refractivity contribution is 6.76. The lowest BCUT2D eigenvalue weighted by molar-refractivity contribution is 0.0234. The van der Waals surface area contributed by atoms with Crippen molar-refractivity contribution in [1.29, 1.82) is 0 Å². The summed E-state index contributed by atoms with van der Waals surface area (Å²) in [5.74, 6) is 0.793. The predicted octanol–water partition coefficient (Wildman–Crippen LogP) is 7.63. The standard InChI is InChI=1S/C33H48N6O4Si/c1-22(2)28-29(25-14-12-24(13-15-25)23(3)37(7)32(40)43-33(4,5)6)36-39(21-42-16-17-44(9,10)11)30(28)26-18-27(41-8)31-34-20-35-38(31)19-26/h12-15,18-20,22-23H,16-17,21H2,1-11H3/t23-/m0/s1. The van der Waals surface area contributed by atoms with Gasteiger partial charge in [-0.05, 0) is 51.3 Å². The van der Waals surface area contributed by atoms with E-state index in [-0.39, 0.29) is 18.1 Å². The molecule has 0 unspecified atom stereocenters. The number of carbonyl (C=O) groups is 1. The van der Waals surface area contributed by atoms with E-state index in [0.29, 0.717) is 24.7 Å². The van der Waals surface area contributed by atoms with Gasteiger partial charge >= 0.3 is 6.09 Å². The second kappa shape index (κ2) is 13.1. The van der Waals surface area contributed by atoms with Crippen LogP contribution in [0.15, 0.2) is 42.9 Å². The molecule has 0 spiro atoms. The van der Waals surface area contributed by atoms with Gasteiger partial charge in [0.25, 0.3) is 0 Å². The molecule has 0 aliphatic carbocycles. The molecule has 1 aromatic carbocycles. The molecule has 0 saturated heterocycles. The van der Waals surface area contributed by atoms with Gasteiger partial charge in [-0.25, -0.2) is 19.0 Å². The van der Waals surface area contributed by atoms with E-state index in [0.717, 1.165) is 39.7 Å². The second-order valence-electron chi connectivity index (χ2n) is 13.8. The van der Waals surface area contributed by atoms with Gasteiger partial charge in [0, 0.05) is 44.6 Å². The van der Waals surface area contributed by atoms with Crippen LogP contribution in [0.3, 0.4) is 0 Å². The molecule has 0 saturated carbocycles. The predicted molar refractivity (Wildman–Crippen MR) is 177 cm³/mol. The van der Waals surface area contributed by atoms with E-state index >= 15 is 0 Å². The van der Waals surface area contributed by atoms with Crippen LogP contribution in [0.1, 0.15) is 64.6 Å². The number of amides is 1. The number of ether oxygens (including phenoxy) is 3. The van der Waals surface area contributed by atoms with Crippen molar-refractivity contribution in [3.05, 3.63) is 54.0 Å². The van der Waals surface area contributed by atoms with Crippen molar-refractivity contribution in [2.75, 3.05) is 20.8 Å². The number of carbonyl (C=O) groups excluding carboxylic acids is 1. The van der Waals surface area contributed by atoms with Crippen LogP contribution in [-0.4, -0.2) is 69.8 Å². The zero-order chi connectivity index (χ0) is 32.4. The number of aromatic nitrogens is 5. The topological polar surface area (TPSA) is 96.0 Å². The Kier molecular flexibility index (Phi) is 9.89. The number of rotatable bonds is 11. The number of hydrogen-bond donors (Lipinski definition) is 0. The van der Waals surface area contributed by atoms with Crippen molar-refractivity contribution in [2.45, 2.75) is 91.5 Å². The molecule has 3 heterocycles. The summed E-state index contributed by atoms with van der Waals surface area (Å²) in [4.78, 5) is 18.7. The summed E-state index contributed by atoms with van der Waals surface area (Å²) in [5.41, 5.74) is 5.96. The Morgan fingerprint density at radius 1 is 1.07 bits per heavy atom. The highest BCUT2D eigenvalue weighted by Crippen LogP contribution is 2.39. The number of nitrogens with zero attached hydrogens (tertiary/aromatic N) is 6. The molecule has 10 nitrogen and oxygen atoms in total. The highest BCUT2D eigenvalue weighted by atomic mass is 28.3. The van der Waals surface area contributed by atoms with E-state index in [2.05, 4.69) is 67.8 Å². The molecule has 1 atom stereocenters. The average Bonchev–Trinajstić information content (AvgIpc) is 3.57. The van der Waals surface area contributed by atoms with Gasteiger partial charge in [-0.15, -0.1) is 0 Å². The fourth-order valence-electron chi connectivity index (χ4n) is 4.97. The van der Waals surface area contributed by atoms with Crippen LogP contribution in [0.5, 0.6) is 5.75 Å². The molecule has 4 rings (SSSR count). The van der Waals surface area contributed by atoms with Crippen LogP contribution in [0.4, 0.5) is 4.79 Å². The number of fused-ring (bicyclic) bond motifs is 1. The van der Waals surface area contributed by atoms with Crippen LogP contribution in [-0.2, 0) is 16.2 Å². The second-order valence-corrected chi connectivity index (χ2v) is 19.4. The van der Waals surface area contributed by atoms with Crippen LogP contribution in [0.25, 0.3) is 28.2 Å². The lowest BCUT2D eigenvalue weighted by Gasteiger charge is -2.29. The van der Waals surface area contributed by atoms with Crippen molar-refractivity contribution in [3.63, 3.8) is 0 Å². The molecule has 238 valence electrons. The van der Waals surface area contributed by atoms with Crippen molar-refractivity contribution in [2.24, 2.45) is 0 Å². The fraction of sp³-hybridized carbons (Fsp3) is 0.515. The monoisotopic (exact) mass is 620 g/mol. The minimum atomic E-state index is -1.25. The van der Waals surface area contributed by atoms with Gasteiger partial charge in [-0.2, -0.15) is 10.2 Å². The molecule has 0 fully saturated rings. The van der Waals surface area contributed by atoms with Gasteiger partial charge < -0.3 is 19.1 Å². The summed E-state index contributed by atoms with van der Waals surface area (Å²) < 4.78 is 21.2. The minimum absolute atomic E-state index is 0.157. The molecule has 0 aliphatic heterocycles. The van der Waals surface area contributed by atoms with E-state index in [9.17, 15) is 4.79 Å². The number of benzene rings is 1. The maximum absolute atomic E-state index is 12.7. The molecule has 4 aromatic rings. The first-order valence-electron chi connectivity index (χ1n) is 15.2. The quantitative estimate of drug-likeness (QED) is 0.126. The molecule has 0 radical (unpaired) electrons. The van der Waals surface area contributed by atoms with Crippen molar-refractivity contribution >= 4 is 19.8 Å². The van der Waals surface area contributed by atoms with E-state index in [1.54, 1.807) is 23.6 Å². The zero-order valence-corrected chi connectivity index (χ0v) is 29.1. The van der Waals surface area contributed by atoms with Gasteiger partial charge in [0.2, 0.25) is 0 Å². The number of methoxy groups -OCH3 is 1. The summed E-state index contributed by atoms with van der Waals surface area (Å²) in [5, 5.41) is 9.54. The van der Waals surface area contributed by atoms with Gasteiger partial charge in [-0.3, -0.25) is 0 Å². The summed E-state index contributed by atoms with van der Waals surface area (Å²) in [6.07, 6.45) is 3.14. The minimum Gasteiger partial charge on any atom is -0.493 e. The molecule has 0 bridgehead atoms. The molecule has 1 amide bonds. The third-order valence-electron chi connectivity index (χ3n) is 7.54.